The molecule has 37 heavy (non-hydrogen) atoms. The Balaban J connectivity index is 1.49. The SMILES string of the molecule is COc1ccc(C(=O)C2C3C(=O)N(c4cc(Cl)cc(Cl)c4)C(=O)C3C3c4ccccc4C=C[NH+]23)cc1Br. The van der Waals surface area contributed by atoms with Crippen LogP contribution in [0.1, 0.15) is 27.5 Å². The van der Waals surface area contributed by atoms with Gasteiger partial charge in [-0.15, -0.1) is 0 Å². The maximum absolute atomic E-state index is 14.1. The molecule has 186 valence electrons. The second kappa shape index (κ2) is 9.10. The van der Waals surface area contributed by atoms with Crippen LogP contribution in [0.15, 0.2) is 71.3 Å². The van der Waals surface area contributed by atoms with Crippen molar-refractivity contribution in [2.24, 2.45) is 11.8 Å². The fourth-order valence-electron chi connectivity index (χ4n) is 5.97. The van der Waals surface area contributed by atoms with Crippen LogP contribution in [0, 0.1) is 11.8 Å². The molecule has 9 heteroatoms. The number of amides is 2. The zero-order valence-corrected chi connectivity index (χ0v) is 22.5. The third kappa shape index (κ3) is 3.76. The summed E-state index contributed by atoms with van der Waals surface area (Å²) in [5.41, 5.74) is 2.65. The van der Waals surface area contributed by atoms with Gasteiger partial charge in [0.15, 0.2) is 6.04 Å². The Morgan fingerprint density at radius 3 is 2.38 bits per heavy atom. The first-order chi connectivity index (χ1) is 17.8. The van der Waals surface area contributed by atoms with Gasteiger partial charge in [-0.3, -0.25) is 19.3 Å². The normalized spacial score (nSPS) is 25.6. The van der Waals surface area contributed by atoms with Crippen molar-refractivity contribution in [3.63, 3.8) is 0 Å². The Hall–Kier alpha value is -2.97. The molecule has 3 aliphatic rings. The van der Waals surface area contributed by atoms with Crippen molar-refractivity contribution in [1.82, 2.24) is 0 Å². The summed E-state index contributed by atoms with van der Waals surface area (Å²) in [7, 11) is 1.55. The average molecular weight is 599 g/mol. The maximum atomic E-state index is 14.1. The van der Waals surface area contributed by atoms with Crippen molar-refractivity contribution in [3.8, 4) is 5.75 Å². The number of fused-ring (bicyclic) bond motifs is 5. The quantitative estimate of drug-likeness (QED) is 0.348. The van der Waals surface area contributed by atoms with E-state index in [-0.39, 0.29) is 11.7 Å². The summed E-state index contributed by atoms with van der Waals surface area (Å²) in [6, 6.07) is 16.3. The molecule has 0 radical (unpaired) electrons. The molecule has 5 unspecified atom stereocenters. The molecule has 6 nitrogen and oxygen atoms in total. The van der Waals surface area contributed by atoms with E-state index in [2.05, 4.69) is 15.9 Å². The molecule has 3 aliphatic heterocycles. The molecule has 0 saturated carbocycles. The van der Waals surface area contributed by atoms with Gasteiger partial charge in [0.2, 0.25) is 17.6 Å². The van der Waals surface area contributed by atoms with Crippen LogP contribution in [0.4, 0.5) is 5.69 Å². The van der Waals surface area contributed by atoms with E-state index in [0.717, 1.165) is 20.9 Å². The van der Waals surface area contributed by atoms with Crippen molar-refractivity contribution in [3.05, 3.63) is 98.1 Å². The number of nitrogens with zero attached hydrogens (tertiary/aromatic N) is 1. The fraction of sp³-hybridized carbons (Fsp3) is 0.179. The van der Waals surface area contributed by atoms with Crippen molar-refractivity contribution >= 4 is 68.5 Å². The van der Waals surface area contributed by atoms with Gasteiger partial charge >= 0.3 is 0 Å². The number of imide groups is 1. The molecule has 0 bridgehead atoms. The number of carbonyl (C=O) groups excluding carboxylic acids is 3. The molecule has 3 aromatic carbocycles. The van der Waals surface area contributed by atoms with Gasteiger partial charge < -0.3 is 4.74 Å². The van der Waals surface area contributed by atoms with E-state index in [1.165, 1.54) is 0 Å². The third-order valence-corrected chi connectivity index (χ3v) is 8.50. The van der Waals surface area contributed by atoms with E-state index < -0.39 is 29.8 Å². The molecular formula is C28H20BrCl2N2O4+. The van der Waals surface area contributed by atoms with Gasteiger partial charge in [-0.2, -0.15) is 0 Å². The Kier molecular flexibility index (Phi) is 5.99. The number of hydrogen-bond donors (Lipinski definition) is 1. The first-order valence-corrected chi connectivity index (χ1v) is 13.2. The fourth-order valence-corrected chi connectivity index (χ4v) is 7.03. The molecule has 0 spiro atoms. The number of hydrogen-bond acceptors (Lipinski definition) is 4. The summed E-state index contributed by atoms with van der Waals surface area (Å²) in [5, 5.41) is 0.628. The van der Waals surface area contributed by atoms with Crippen LogP contribution in [0.3, 0.4) is 0 Å². The monoisotopic (exact) mass is 597 g/mol. The number of halogens is 3. The van der Waals surface area contributed by atoms with Gasteiger partial charge in [0.05, 0.1) is 23.5 Å². The molecule has 0 aromatic heterocycles. The number of nitrogens with one attached hydrogen (secondary N) is 1. The number of benzene rings is 3. The second-order valence-corrected chi connectivity index (χ2v) is 11.0. The smallest absolute Gasteiger partial charge is 0.244 e. The number of ether oxygens (including phenoxy) is 1. The number of carbonyl (C=O) groups is 3. The first-order valence-electron chi connectivity index (χ1n) is 11.7. The molecule has 0 aliphatic carbocycles. The standard InChI is InChI=1S/C28H19BrCl2N2O4/c1-37-21-7-6-15(10-20(21)29)26(34)25-23-22(24-19-5-3-2-4-14(19)8-9-32(24)25)27(35)33(28(23)36)18-12-16(30)11-17(31)13-18/h2-13,22-25H,1H3/p+1. The van der Waals surface area contributed by atoms with Crippen LogP contribution >= 0.6 is 39.1 Å². The van der Waals surface area contributed by atoms with E-state index in [1.807, 2.05) is 36.5 Å². The lowest BCUT2D eigenvalue weighted by atomic mass is 9.83. The number of methoxy groups -OCH3 is 1. The van der Waals surface area contributed by atoms with Crippen LogP contribution in [0.5, 0.6) is 5.75 Å². The highest BCUT2D eigenvalue weighted by atomic mass is 79.9. The molecule has 1 N–H and O–H groups in total. The largest absolute Gasteiger partial charge is 0.496 e. The lowest BCUT2D eigenvalue weighted by molar-refractivity contribution is -0.884. The zero-order valence-electron chi connectivity index (χ0n) is 19.5. The summed E-state index contributed by atoms with van der Waals surface area (Å²) in [5.74, 6) is -1.98. The summed E-state index contributed by atoms with van der Waals surface area (Å²) >= 11 is 15.9. The van der Waals surface area contributed by atoms with Crippen LogP contribution in [0.25, 0.3) is 6.08 Å². The van der Waals surface area contributed by atoms with Gasteiger partial charge in [-0.05, 0) is 64.0 Å². The Labute approximate surface area is 231 Å². The van der Waals surface area contributed by atoms with Crippen LogP contribution < -0.4 is 14.5 Å². The van der Waals surface area contributed by atoms with Gasteiger partial charge in [0.25, 0.3) is 0 Å². The number of quaternary nitrogens is 1. The topological polar surface area (TPSA) is 68.1 Å². The van der Waals surface area contributed by atoms with Crippen molar-refractivity contribution in [2.75, 3.05) is 12.0 Å². The molecule has 3 aromatic rings. The molecule has 5 atom stereocenters. The Morgan fingerprint density at radius 2 is 1.68 bits per heavy atom. The minimum atomic E-state index is -0.852. The van der Waals surface area contributed by atoms with Crippen LogP contribution in [-0.4, -0.2) is 30.7 Å². The average Bonchev–Trinajstić information content (AvgIpc) is 3.35. The minimum Gasteiger partial charge on any atom is -0.496 e. The number of rotatable bonds is 4. The number of ketones is 1. The molecule has 2 saturated heterocycles. The van der Waals surface area contributed by atoms with Crippen LogP contribution in [0.2, 0.25) is 10.0 Å². The van der Waals surface area contributed by atoms with E-state index in [4.69, 9.17) is 27.9 Å². The van der Waals surface area contributed by atoms with Gasteiger partial charge in [0, 0.05) is 21.2 Å². The third-order valence-electron chi connectivity index (χ3n) is 7.45. The highest BCUT2D eigenvalue weighted by Gasteiger charge is 2.68. The van der Waals surface area contributed by atoms with E-state index >= 15 is 0 Å². The Morgan fingerprint density at radius 1 is 0.973 bits per heavy atom. The van der Waals surface area contributed by atoms with Crippen molar-refractivity contribution in [2.45, 2.75) is 12.1 Å². The number of Topliss-reactive ketones (excluding diaryl/α,β-unsaturated/α-hetero) is 1. The van der Waals surface area contributed by atoms with E-state index in [1.54, 1.807) is 43.5 Å². The summed E-state index contributed by atoms with van der Waals surface area (Å²) in [6.45, 7) is 0. The van der Waals surface area contributed by atoms with Gasteiger partial charge in [0.1, 0.15) is 23.6 Å². The van der Waals surface area contributed by atoms with E-state index in [9.17, 15) is 14.4 Å². The molecule has 2 amide bonds. The Bertz CT molecular complexity index is 1500. The van der Waals surface area contributed by atoms with E-state index in [0.29, 0.717) is 31.5 Å². The molecular weight excluding hydrogens is 579 g/mol. The zero-order chi connectivity index (χ0) is 26.0. The van der Waals surface area contributed by atoms with Gasteiger partial charge in [-0.1, -0.05) is 47.5 Å². The second-order valence-electron chi connectivity index (χ2n) is 9.32. The molecule has 2 fully saturated rings. The predicted octanol–water partition coefficient (Wildman–Crippen LogP) is 4.75. The van der Waals surface area contributed by atoms with Crippen LogP contribution in [-0.2, 0) is 9.59 Å². The minimum absolute atomic E-state index is 0.216. The predicted molar refractivity (Wildman–Crippen MR) is 144 cm³/mol. The molecule has 6 rings (SSSR count). The van der Waals surface area contributed by atoms with Gasteiger partial charge in [-0.25, -0.2) is 4.90 Å². The first kappa shape index (κ1) is 24.4. The lowest BCUT2D eigenvalue weighted by Crippen LogP contribution is -3.12. The highest BCUT2D eigenvalue weighted by molar-refractivity contribution is 9.10. The maximum Gasteiger partial charge on any atom is 0.244 e. The summed E-state index contributed by atoms with van der Waals surface area (Å²) in [4.78, 5) is 44.0. The van der Waals surface area contributed by atoms with Crippen molar-refractivity contribution < 1.29 is 24.0 Å². The highest BCUT2D eigenvalue weighted by Crippen LogP contribution is 2.46. The lowest BCUT2D eigenvalue weighted by Gasteiger charge is -2.30. The number of anilines is 1. The molecule has 3 heterocycles. The van der Waals surface area contributed by atoms with Crippen molar-refractivity contribution in [1.29, 1.82) is 0 Å². The summed E-state index contributed by atoms with van der Waals surface area (Å²) in [6.07, 6.45) is 3.86. The summed E-state index contributed by atoms with van der Waals surface area (Å²) < 4.78 is 5.94.